The Bertz CT molecular complexity index is 1410. The first-order valence-electron chi connectivity index (χ1n) is 10.4. The van der Waals surface area contributed by atoms with Crippen molar-refractivity contribution in [2.75, 3.05) is 10.6 Å². The van der Waals surface area contributed by atoms with Crippen LogP contribution in [0.25, 0.3) is 17.3 Å². The van der Waals surface area contributed by atoms with Gasteiger partial charge in [-0.15, -0.1) is 0 Å². The van der Waals surface area contributed by atoms with Crippen LogP contribution in [0.4, 0.5) is 17.1 Å². The maximum atomic E-state index is 13.1. The SMILES string of the molecule is Cc1c(Nc2ccc(/C=C3/C(=O)Nc4ccccc43)cc2)c(=O)n(-c2ccccc2)n1C. The molecule has 158 valence electrons. The maximum absolute atomic E-state index is 13.1. The number of para-hydroxylation sites is 2. The van der Waals surface area contributed by atoms with E-state index in [9.17, 15) is 9.59 Å². The number of aromatic nitrogens is 2. The predicted molar refractivity (Wildman–Crippen MR) is 128 cm³/mol. The lowest BCUT2D eigenvalue weighted by molar-refractivity contribution is -0.110. The topological polar surface area (TPSA) is 68.1 Å². The van der Waals surface area contributed by atoms with Gasteiger partial charge in [-0.25, -0.2) is 4.68 Å². The Hall–Kier alpha value is -4.32. The minimum atomic E-state index is -0.110. The molecule has 32 heavy (non-hydrogen) atoms. The van der Waals surface area contributed by atoms with E-state index >= 15 is 0 Å². The summed E-state index contributed by atoms with van der Waals surface area (Å²) in [6, 6.07) is 24.9. The van der Waals surface area contributed by atoms with Crippen LogP contribution in [-0.2, 0) is 11.8 Å². The van der Waals surface area contributed by atoms with Gasteiger partial charge >= 0.3 is 0 Å². The fourth-order valence-corrected chi connectivity index (χ4v) is 3.97. The second-order valence-electron chi connectivity index (χ2n) is 7.74. The number of nitrogens with one attached hydrogen (secondary N) is 2. The van der Waals surface area contributed by atoms with Crippen LogP contribution in [-0.4, -0.2) is 15.3 Å². The number of carbonyl (C=O) groups excluding carboxylic acids is 1. The zero-order valence-electron chi connectivity index (χ0n) is 17.8. The molecule has 1 aliphatic rings. The molecule has 0 unspecified atom stereocenters. The Morgan fingerprint density at radius 3 is 2.31 bits per heavy atom. The van der Waals surface area contributed by atoms with E-state index in [0.29, 0.717) is 11.3 Å². The lowest BCUT2D eigenvalue weighted by Crippen LogP contribution is -2.20. The highest BCUT2D eigenvalue weighted by Gasteiger charge is 2.23. The van der Waals surface area contributed by atoms with Gasteiger partial charge in [-0.3, -0.25) is 14.3 Å². The monoisotopic (exact) mass is 422 g/mol. The Morgan fingerprint density at radius 2 is 1.56 bits per heavy atom. The number of fused-ring (bicyclic) bond motifs is 1. The van der Waals surface area contributed by atoms with Gasteiger partial charge < -0.3 is 10.6 Å². The molecule has 0 atom stereocenters. The third kappa shape index (κ3) is 3.32. The number of nitrogens with zero attached hydrogens (tertiary/aromatic N) is 2. The summed E-state index contributed by atoms with van der Waals surface area (Å²) in [5.41, 5.74) is 6.16. The van der Waals surface area contributed by atoms with E-state index in [4.69, 9.17) is 0 Å². The lowest BCUT2D eigenvalue weighted by atomic mass is 10.0. The van der Waals surface area contributed by atoms with E-state index in [0.717, 1.165) is 33.9 Å². The molecule has 0 bridgehead atoms. The van der Waals surface area contributed by atoms with Crippen molar-refractivity contribution in [3.8, 4) is 5.69 Å². The normalized spacial score (nSPS) is 13.8. The van der Waals surface area contributed by atoms with Crippen LogP contribution >= 0.6 is 0 Å². The van der Waals surface area contributed by atoms with Gasteiger partial charge in [0.2, 0.25) is 0 Å². The number of anilines is 3. The van der Waals surface area contributed by atoms with Crippen molar-refractivity contribution in [3.05, 3.63) is 106 Å². The molecule has 2 N–H and O–H groups in total. The molecule has 4 aromatic rings. The fraction of sp³-hybridized carbons (Fsp3) is 0.0769. The molecule has 1 amide bonds. The summed E-state index contributed by atoms with van der Waals surface area (Å²) < 4.78 is 3.49. The Balaban J connectivity index is 1.43. The summed E-state index contributed by atoms with van der Waals surface area (Å²) in [7, 11) is 1.87. The summed E-state index contributed by atoms with van der Waals surface area (Å²) >= 11 is 0. The average Bonchev–Trinajstić information content (AvgIpc) is 3.23. The number of hydrogen-bond acceptors (Lipinski definition) is 3. The smallest absolute Gasteiger partial charge is 0.295 e. The third-order valence-corrected chi connectivity index (χ3v) is 5.76. The van der Waals surface area contributed by atoms with Crippen LogP contribution in [0.15, 0.2) is 83.7 Å². The molecule has 1 aromatic heterocycles. The second kappa shape index (κ2) is 7.74. The number of benzene rings is 3. The molecule has 6 nitrogen and oxygen atoms in total. The molecule has 3 aromatic carbocycles. The third-order valence-electron chi connectivity index (χ3n) is 5.76. The highest BCUT2D eigenvalue weighted by atomic mass is 16.2. The van der Waals surface area contributed by atoms with Crippen molar-refractivity contribution in [2.45, 2.75) is 6.92 Å². The van der Waals surface area contributed by atoms with Crippen LogP contribution in [0.5, 0.6) is 0 Å². The van der Waals surface area contributed by atoms with Crippen LogP contribution in [0.3, 0.4) is 0 Å². The zero-order chi connectivity index (χ0) is 22.2. The summed E-state index contributed by atoms with van der Waals surface area (Å²) in [4.78, 5) is 25.4. The van der Waals surface area contributed by atoms with Gasteiger partial charge in [-0.1, -0.05) is 48.5 Å². The van der Waals surface area contributed by atoms with Crippen molar-refractivity contribution in [3.63, 3.8) is 0 Å². The molecule has 0 fully saturated rings. The van der Waals surface area contributed by atoms with Gasteiger partial charge in [-0.2, -0.15) is 0 Å². The van der Waals surface area contributed by atoms with E-state index < -0.39 is 0 Å². The van der Waals surface area contributed by atoms with Crippen LogP contribution in [0.1, 0.15) is 16.8 Å². The molecular formula is C26H22N4O2. The fourth-order valence-electron chi connectivity index (χ4n) is 3.97. The quantitative estimate of drug-likeness (QED) is 0.468. The molecule has 0 saturated carbocycles. The number of carbonyl (C=O) groups is 1. The molecule has 0 aliphatic carbocycles. The van der Waals surface area contributed by atoms with Crippen molar-refractivity contribution in [2.24, 2.45) is 7.05 Å². The number of rotatable bonds is 4. The summed E-state index contributed by atoms with van der Waals surface area (Å²) in [5.74, 6) is -0.102. The number of hydrogen-bond donors (Lipinski definition) is 2. The van der Waals surface area contributed by atoms with Crippen molar-refractivity contribution < 1.29 is 4.79 Å². The van der Waals surface area contributed by atoms with Crippen LogP contribution in [0.2, 0.25) is 0 Å². The van der Waals surface area contributed by atoms with Gasteiger partial charge in [-0.05, 0) is 48.9 Å². The van der Waals surface area contributed by atoms with Gasteiger partial charge in [0.15, 0.2) is 0 Å². The zero-order valence-corrected chi connectivity index (χ0v) is 17.8. The molecule has 5 rings (SSSR count). The summed E-state index contributed by atoms with van der Waals surface area (Å²) in [5, 5.41) is 6.15. The molecule has 0 saturated heterocycles. The number of amides is 1. The van der Waals surface area contributed by atoms with Gasteiger partial charge in [0.25, 0.3) is 11.5 Å². The standard InChI is InChI=1S/C26H22N4O2/c1-17-24(26(32)30(29(17)2)20-8-4-3-5-9-20)27-19-14-12-18(13-15-19)16-22-21-10-6-7-11-23(21)28-25(22)31/h3-16,27H,1-2H3,(H,28,31)/b22-16+. The highest BCUT2D eigenvalue weighted by molar-refractivity contribution is 6.34. The lowest BCUT2D eigenvalue weighted by Gasteiger charge is -2.07. The van der Waals surface area contributed by atoms with Gasteiger partial charge in [0.05, 0.1) is 11.4 Å². The van der Waals surface area contributed by atoms with Crippen molar-refractivity contribution in [1.82, 2.24) is 9.36 Å². The molecule has 0 spiro atoms. The summed E-state index contributed by atoms with van der Waals surface area (Å²) in [6.45, 7) is 1.91. The first-order chi connectivity index (χ1) is 15.5. The minimum Gasteiger partial charge on any atom is -0.349 e. The van der Waals surface area contributed by atoms with Crippen LogP contribution < -0.4 is 16.2 Å². The van der Waals surface area contributed by atoms with E-state index in [1.54, 1.807) is 4.68 Å². The Morgan fingerprint density at radius 1 is 0.875 bits per heavy atom. The van der Waals surface area contributed by atoms with Crippen LogP contribution in [0, 0.1) is 6.92 Å². The molecule has 0 radical (unpaired) electrons. The first-order valence-corrected chi connectivity index (χ1v) is 10.4. The molecule has 1 aliphatic heterocycles. The first kappa shape index (κ1) is 19.6. The largest absolute Gasteiger partial charge is 0.349 e. The molecular weight excluding hydrogens is 400 g/mol. The molecule has 2 heterocycles. The maximum Gasteiger partial charge on any atom is 0.295 e. The molecule has 6 heteroatoms. The van der Waals surface area contributed by atoms with E-state index in [1.165, 1.54) is 0 Å². The van der Waals surface area contributed by atoms with Gasteiger partial charge in [0, 0.05) is 29.6 Å². The van der Waals surface area contributed by atoms with Gasteiger partial charge in [0.1, 0.15) is 5.69 Å². The second-order valence-corrected chi connectivity index (χ2v) is 7.74. The Kier molecular flexibility index (Phi) is 4.75. The predicted octanol–water partition coefficient (Wildman–Crippen LogP) is 4.72. The van der Waals surface area contributed by atoms with E-state index in [1.807, 2.05) is 104 Å². The summed E-state index contributed by atoms with van der Waals surface area (Å²) in [6.07, 6.45) is 1.88. The van der Waals surface area contributed by atoms with Crippen molar-refractivity contribution >= 4 is 34.6 Å². The minimum absolute atomic E-state index is 0.102. The highest BCUT2D eigenvalue weighted by Crippen LogP contribution is 2.32. The average molecular weight is 422 g/mol. The van der Waals surface area contributed by atoms with Crippen molar-refractivity contribution in [1.29, 1.82) is 0 Å². The van der Waals surface area contributed by atoms with E-state index in [-0.39, 0.29) is 11.5 Å². The van der Waals surface area contributed by atoms with E-state index in [2.05, 4.69) is 10.6 Å². The Labute approximate surface area is 185 Å².